The predicted molar refractivity (Wildman–Crippen MR) is 115 cm³/mol. The molecule has 0 aliphatic carbocycles. The third kappa shape index (κ3) is 5.45. The molecule has 1 heterocycles. The van der Waals surface area contributed by atoms with Crippen LogP contribution in [0.2, 0.25) is 0 Å². The van der Waals surface area contributed by atoms with Gasteiger partial charge in [-0.25, -0.2) is 4.98 Å². The number of halogens is 2. The molecule has 0 bridgehead atoms. The third-order valence-electron chi connectivity index (χ3n) is 4.24. The van der Waals surface area contributed by atoms with Crippen molar-refractivity contribution >= 4 is 41.8 Å². The number of imidazole rings is 1. The summed E-state index contributed by atoms with van der Waals surface area (Å²) in [5.41, 5.74) is 9.36. The Balaban J connectivity index is 0.00000182. The molecule has 0 spiro atoms. The van der Waals surface area contributed by atoms with E-state index in [0.29, 0.717) is 18.0 Å². The van der Waals surface area contributed by atoms with Gasteiger partial charge in [0.2, 0.25) is 0 Å². The first kappa shape index (κ1) is 23.0. The molecule has 0 radical (unpaired) electrons. The standard InChI is InChI=1S/C20H24N4O.2ClH/c1-14(2)11-16(12-21)23-20(25)15-7-9-17(10-8-15)24-13-22-18-5-3-4-6-19(18)24;;/h3-10,13-14,16H,11-12,21H2,1-2H3,(H,23,25);2*1H. The van der Waals surface area contributed by atoms with Crippen LogP contribution < -0.4 is 11.1 Å². The second-order valence-corrected chi connectivity index (χ2v) is 6.69. The summed E-state index contributed by atoms with van der Waals surface area (Å²) in [5, 5.41) is 3.02. The maximum Gasteiger partial charge on any atom is 0.251 e. The second-order valence-electron chi connectivity index (χ2n) is 6.69. The number of benzene rings is 2. The number of para-hydroxylation sites is 2. The number of hydrogen-bond donors (Lipinski definition) is 2. The zero-order chi connectivity index (χ0) is 17.8. The summed E-state index contributed by atoms with van der Waals surface area (Å²) in [5.74, 6) is 0.406. The van der Waals surface area contributed by atoms with Crippen molar-refractivity contribution in [2.24, 2.45) is 11.7 Å². The van der Waals surface area contributed by atoms with Crippen molar-refractivity contribution < 1.29 is 4.79 Å². The highest BCUT2D eigenvalue weighted by Crippen LogP contribution is 2.18. The van der Waals surface area contributed by atoms with E-state index in [-0.39, 0.29) is 36.8 Å². The van der Waals surface area contributed by atoms with Gasteiger partial charge >= 0.3 is 0 Å². The lowest BCUT2D eigenvalue weighted by Gasteiger charge is -2.19. The Morgan fingerprint density at radius 2 is 1.78 bits per heavy atom. The van der Waals surface area contributed by atoms with Crippen LogP contribution in [0.1, 0.15) is 30.6 Å². The molecule has 1 unspecified atom stereocenters. The highest BCUT2D eigenvalue weighted by molar-refractivity contribution is 5.94. The lowest BCUT2D eigenvalue weighted by molar-refractivity contribution is 0.0934. The average molecular weight is 409 g/mol. The summed E-state index contributed by atoms with van der Waals surface area (Å²) < 4.78 is 2.01. The lowest BCUT2D eigenvalue weighted by Crippen LogP contribution is -2.41. The van der Waals surface area contributed by atoms with Crippen LogP contribution in [0.15, 0.2) is 54.9 Å². The molecule has 0 aliphatic heterocycles. The van der Waals surface area contributed by atoms with E-state index in [0.717, 1.165) is 23.1 Å². The monoisotopic (exact) mass is 408 g/mol. The number of carbonyl (C=O) groups is 1. The fraction of sp³-hybridized carbons (Fsp3) is 0.300. The van der Waals surface area contributed by atoms with Gasteiger partial charge in [0, 0.05) is 23.8 Å². The van der Waals surface area contributed by atoms with E-state index in [1.807, 2.05) is 53.1 Å². The summed E-state index contributed by atoms with van der Waals surface area (Å²) in [6, 6.07) is 15.5. The van der Waals surface area contributed by atoms with Gasteiger partial charge in [-0.05, 0) is 48.7 Å². The number of carbonyl (C=O) groups excluding carboxylic acids is 1. The van der Waals surface area contributed by atoms with Crippen molar-refractivity contribution in [2.45, 2.75) is 26.3 Å². The van der Waals surface area contributed by atoms with E-state index in [2.05, 4.69) is 24.1 Å². The molecule has 27 heavy (non-hydrogen) atoms. The van der Waals surface area contributed by atoms with Gasteiger partial charge in [-0.1, -0.05) is 26.0 Å². The van der Waals surface area contributed by atoms with E-state index >= 15 is 0 Å². The summed E-state index contributed by atoms with van der Waals surface area (Å²) >= 11 is 0. The van der Waals surface area contributed by atoms with Gasteiger partial charge in [-0.15, -0.1) is 24.8 Å². The number of fused-ring (bicyclic) bond motifs is 1. The normalized spacial score (nSPS) is 11.6. The first-order chi connectivity index (χ1) is 12.1. The predicted octanol–water partition coefficient (Wildman–Crippen LogP) is 3.97. The van der Waals surface area contributed by atoms with Crippen molar-refractivity contribution in [1.29, 1.82) is 0 Å². The third-order valence-corrected chi connectivity index (χ3v) is 4.24. The van der Waals surface area contributed by atoms with E-state index < -0.39 is 0 Å². The molecule has 3 N–H and O–H groups in total. The molecule has 1 amide bonds. The molecule has 1 aromatic heterocycles. The van der Waals surface area contributed by atoms with Crippen molar-refractivity contribution in [2.75, 3.05) is 6.54 Å². The summed E-state index contributed by atoms with van der Waals surface area (Å²) in [7, 11) is 0. The topological polar surface area (TPSA) is 72.9 Å². The molecule has 3 rings (SSSR count). The molecular weight excluding hydrogens is 383 g/mol. The molecule has 2 aromatic carbocycles. The maximum absolute atomic E-state index is 12.4. The molecule has 146 valence electrons. The van der Waals surface area contributed by atoms with E-state index in [1.54, 1.807) is 6.33 Å². The Labute approximate surface area is 172 Å². The average Bonchev–Trinajstić information content (AvgIpc) is 3.05. The lowest BCUT2D eigenvalue weighted by atomic mass is 10.0. The Kier molecular flexibility index (Phi) is 8.76. The quantitative estimate of drug-likeness (QED) is 0.647. The van der Waals surface area contributed by atoms with Crippen LogP contribution in [-0.4, -0.2) is 28.0 Å². The molecule has 1 atom stereocenters. The Bertz CT molecular complexity index is 862. The minimum absolute atomic E-state index is 0. The van der Waals surface area contributed by atoms with Gasteiger partial charge in [-0.3, -0.25) is 9.36 Å². The SMILES string of the molecule is CC(C)CC(CN)NC(=O)c1ccc(-n2cnc3ccccc32)cc1.Cl.Cl. The molecule has 0 aliphatic rings. The summed E-state index contributed by atoms with van der Waals surface area (Å²) in [6.45, 7) is 4.70. The summed E-state index contributed by atoms with van der Waals surface area (Å²) in [6.07, 6.45) is 2.67. The molecule has 0 saturated heterocycles. The molecular formula is C20H26Cl2N4O. The van der Waals surface area contributed by atoms with Gasteiger partial charge in [0.05, 0.1) is 11.0 Å². The van der Waals surface area contributed by atoms with Crippen LogP contribution in [0.3, 0.4) is 0 Å². The van der Waals surface area contributed by atoms with Gasteiger partial charge in [0.1, 0.15) is 6.33 Å². The van der Waals surface area contributed by atoms with E-state index in [4.69, 9.17) is 5.73 Å². The van der Waals surface area contributed by atoms with Crippen LogP contribution in [-0.2, 0) is 0 Å². The van der Waals surface area contributed by atoms with Crippen LogP contribution >= 0.6 is 24.8 Å². The number of nitrogens with zero attached hydrogens (tertiary/aromatic N) is 2. The Hall–Kier alpha value is -2.08. The largest absolute Gasteiger partial charge is 0.348 e. The molecule has 0 fully saturated rings. The molecule has 3 aromatic rings. The van der Waals surface area contributed by atoms with Crippen LogP contribution in [0.4, 0.5) is 0 Å². The smallest absolute Gasteiger partial charge is 0.251 e. The van der Waals surface area contributed by atoms with Crippen molar-refractivity contribution in [1.82, 2.24) is 14.9 Å². The van der Waals surface area contributed by atoms with Crippen molar-refractivity contribution in [3.8, 4) is 5.69 Å². The number of aromatic nitrogens is 2. The fourth-order valence-electron chi connectivity index (χ4n) is 2.99. The second kappa shape index (κ2) is 10.3. The van der Waals surface area contributed by atoms with Crippen LogP contribution in [0.5, 0.6) is 0 Å². The van der Waals surface area contributed by atoms with Gasteiger partial charge < -0.3 is 11.1 Å². The Morgan fingerprint density at radius 3 is 2.41 bits per heavy atom. The van der Waals surface area contributed by atoms with Gasteiger partial charge in [0.15, 0.2) is 0 Å². The zero-order valence-corrected chi connectivity index (χ0v) is 17.1. The maximum atomic E-state index is 12.4. The van der Waals surface area contributed by atoms with Crippen LogP contribution in [0.25, 0.3) is 16.7 Å². The van der Waals surface area contributed by atoms with Crippen LogP contribution in [0, 0.1) is 5.92 Å². The number of hydrogen-bond acceptors (Lipinski definition) is 3. The van der Waals surface area contributed by atoms with Crippen molar-refractivity contribution in [3.63, 3.8) is 0 Å². The first-order valence-electron chi connectivity index (χ1n) is 8.62. The number of nitrogens with one attached hydrogen (secondary N) is 1. The first-order valence-corrected chi connectivity index (χ1v) is 8.62. The number of amides is 1. The number of rotatable bonds is 6. The fourth-order valence-corrected chi connectivity index (χ4v) is 2.99. The van der Waals surface area contributed by atoms with E-state index in [1.165, 1.54) is 0 Å². The number of nitrogens with two attached hydrogens (primary N) is 1. The highest BCUT2D eigenvalue weighted by Gasteiger charge is 2.14. The zero-order valence-electron chi connectivity index (χ0n) is 15.5. The van der Waals surface area contributed by atoms with E-state index in [9.17, 15) is 4.79 Å². The molecule has 7 heteroatoms. The van der Waals surface area contributed by atoms with Gasteiger partial charge in [-0.2, -0.15) is 0 Å². The summed E-state index contributed by atoms with van der Waals surface area (Å²) in [4.78, 5) is 16.8. The van der Waals surface area contributed by atoms with Crippen molar-refractivity contribution in [3.05, 3.63) is 60.4 Å². The minimum Gasteiger partial charge on any atom is -0.348 e. The van der Waals surface area contributed by atoms with Gasteiger partial charge in [0.25, 0.3) is 5.91 Å². The highest BCUT2D eigenvalue weighted by atomic mass is 35.5. The minimum atomic E-state index is -0.0851. The Morgan fingerprint density at radius 1 is 1.11 bits per heavy atom. The molecule has 5 nitrogen and oxygen atoms in total. The molecule has 0 saturated carbocycles.